The maximum Gasteiger partial charge on any atom is 0.288 e. The van der Waals surface area contributed by atoms with E-state index in [4.69, 9.17) is 4.52 Å². The van der Waals surface area contributed by atoms with Crippen LogP contribution < -0.4 is 0 Å². The van der Waals surface area contributed by atoms with E-state index >= 15 is 0 Å². The number of carbonyl (C=O) groups excluding carboxylic acids is 1. The second-order valence-corrected chi connectivity index (χ2v) is 5.57. The Labute approximate surface area is 125 Å². The zero-order valence-corrected chi connectivity index (χ0v) is 12.4. The van der Waals surface area contributed by atoms with Crippen LogP contribution in [0.3, 0.4) is 0 Å². The fourth-order valence-electron chi connectivity index (χ4n) is 1.78. The Morgan fingerprint density at radius 3 is 2.57 bits per heavy atom. The van der Waals surface area contributed by atoms with Crippen molar-refractivity contribution in [2.75, 3.05) is 7.05 Å². The number of carbonyl (C=O) groups is 1. The number of amides is 1. The van der Waals surface area contributed by atoms with E-state index in [1.165, 1.54) is 4.90 Å². The molecule has 0 aliphatic heterocycles. The summed E-state index contributed by atoms with van der Waals surface area (Å²) in [6, 6.07) is 8.25. The first-order valence-corrected chi connectivity index (χ1v) is 7.06. The number of alkyl halides is 2. The van der Waals surface area contributed by atoms with Crippen molar-refractivity contribution in [2.24, 2.45) is 0 Å². The molecule has 0 aliphatic rings. The highest BCUT2D eigenvalue weighted by molar-refractivity contribution is 7.99. The van der Waals surface area contributed by atoms with Crippen LogP contribution in [0.1, 0.15) is 21.8 Å². The molecule has 0 atom stereocenters. The van der Waals surface area contributed by atoms with E-state index in [1.54, 1.807) is 44.3 Å². The molecule has 7 heteroatoms. The van der Waals surface area contributed by atoms with E-state index in [0.29, 0.717) is 29.0 Å². The van der Waals surface area contributed by atoms with E-state index in [-0.39, 0.29) is 11.6 Å². The Morgan fingerprint density at radius 2 is 2.05 bits per heavy atom. The molecule has 0 aliphatic carbocycles. The van der Waals surface area contributed by atoms with Gasteiger partial charge in [0.25, 0.3) is 11.7 Å². The Balaban J connectivity index is 1.99. The van der Waals surface area contributed by atoms with Crippen LogP contribution >= 0.6 is 11.8 Å². The lowest BCUT2D eigenvalue weighted by molar-refractivity contribution is 0.0774. The first-order chi connectivity index (χ1) is 9.95. The Bertz CT molecular complexity index is 614. The minimum Gasteiger partial charge on any atom is -0.361 e. The number of thioether (sulfide) groups is 1. The molecule has 0 N–H and O–H groups in total. The number of aryl methyl sites for hydroxylation is 1. The number of hydrogen-bond donors (Lipinski definition) is 0. The van der Waals surface area contributed by atoms with Gasteiger partial charge >= 0.3 is 0 Å². The van der Waals surface area contributed by atoms with Crippen molar-refractivity contribution in [3.8, 4) is 0 Å². The number of hydrogen-bond acceptors (Lipinski definition) is 4. The SMILES string of the molecule is Cc1cc(C(=O)N(C)Cc2ccc(SC(F)F)cc2)no1. The molecule has 2 rings (SSSR count). The molecule has 0 spiro atoms. The summed E-state index contributed by atoms with van der Waals surface area (Å²) >= 11 is 0.496. The predicted octanol–water partition coefficient (Wildman–Crippen LogP) is 3.57. The van der Waals surface area contributed by atoms with E-state index < -0.39 is 5.76 Å². The topological polar surface area (TPSA) is 46.3 Å². The van der Waals surface area contributed by atoms with Crippen molar-refractivity contribution in [3.63, 3.8) is 0 Å². The highest BCUT2D eigenvalue weighted by Crippen LogP contribution is 2.25. The zero-order chi connectivity index (χ0) is 15.4. The van der Waals surface area contributed by atoms with Crippen molar-refractivity contribution in [1.29, 1.82) is 0 Å². The quantitative estimate of drug-likeness (QED) is 0.792. The average molecular weight is 312 g/mol. The van der Waals surface area contributed by atoms with Crippen molar-refractivity contribution in [1.82, 2.24) is 10.1 Å². The molecule has 112 valence electrons. The summed E-state index contributed by atoms with van der Waals surface area (Å²) < 4.78 is 29.3. The first kappa shape index (κ1) is 15.5. The minimum absolute atomic E-state index is 0.250. The molecule has 2 aromatic rings. The molecular formula is C14H14F2N2O2S. The van der Waals surface area contributed by atoms with Crippen LogP contribution in [0.25, 0.3) is 0 Å². The van der Waals surface area contributed by atoms with Gasteiger partial charge in [-0.25, -0.2) is 0 Å². The third kappa shape index (κ3) is 4.29. The predicted molar refractivity (Wildman–Crippen MR) is 75.3 cm³/mol. The van der Waals surface area contributed by atoms with Crippen molar-refractivity contribution < 1.29 is 18.1 Å². The van der Waals surface area contributed by atoms with Gasteiger partial charge in [0.2, 0.25) is 0 Å². The van der Waals surface area contributed by atoms with Crippen LogP contribution in [0.2, 0.25) is 0 Å². The number of aromatic nitrogens is 1. The summed E-state index contributed by atoms with van der Waals surface area (Å²) in [5, 5.41) is 3.67. The van der Waals surface area contributed by atoms with Gasteiger partial charge in [-0.1, -0.05) is 29.1 Å². The number of halogens is 2. The molecule has 0 saturated carbocycles. The van der Waals surface area contributed by atoms with Gasteiger partial charge in [0.05, 0.1) is 0 Å². The molecule has 0 fully saturated rings. The van der Waals surface area contributed by atoms with Gasteiger partial charge in [0, 0.05) is 24.6 Å². The fourth-order valence-corrected chi connectivity index (χ4v) is 2.28. The molecule has 1 heterocycles. The molecular weight excluding hydrogens is 298 g/mol. The smallest absolute Gasteiger partial charge is 0.288 e. The summed E-state index contributed by atoms with van der Waals surface area (Å²) in [7, 11) is 1.65. The van der Waals surface area contributed by atoms with Crippen LogP contribution in [-0.4, -0.2) is 28.8 Å². The van der Waals surface area contributed by atoms with Crippen LogP contribution in [0.15, 0.2) is 39.8 Å². The summed E-state index contributed by atoms with van der Waals surface area (Å²) in [5.41, 5.74) is 1.10. The molecule has 4 nitrogen and oxygen atoms in total. The lowest BCUT2D eigenvalue weighted by Crippen LogP contribution is -2.26. The number of nitrogens with zero attached hydrogens (tertiary/aromatic N) is 2. The summed E-state index contributed by atoms with van der Waals surface area (Å²) in [4.78, 5) is 14.1. The standard InChI is InChI=1S/C14H14F2N2O2S/c1-9-7-12(17-20-9)13(19)18(2)8-10-3-5-11(6-4-10)21-14(15)16/h3-7,14H,8H2,1-2H3. The average Bonchev–Trinajstić information content (AvgIpc) is 2.86. The van der Waals surface area contributed by atoms with Crippen molar-refractivity contribution in [3.05, 3.63) is 47.3 Å². The summed E-state index contributed by atoms with van der Waals surface area (Å²) in [6.45, 7) is 2.08. The second-order valence-electron chi connectivity index (χ2n) is 4.51. The van der Waals surface area contributed by atoms with Gasteiger partial charge < -0.3 is 9.42 Å². The van der Waals surface area contributed by atoms with E-state index in [0.717, 1.165) is 5.56 Å². The second kappa shape index (κ2) is 6.71. The summed E-state index contributed by atoms with van der Waals surface area (Å²) in [5.74, 6) is -2.12. The van der Waals surface area contributed by atoms with E-state index in [1.807, 2.05) is 0 Å². The highest BCUT2D eigenvalue weighted by atomic mass is 32.2. The van der Waals surface area contributed by atoms with E-state index in [9.17, 15) is 13.6 Å². The monoisotopic (exact) mass is 312 g/mol. The molecule has 1 aromatic heterocycles. The third-order valence-electron chi connectivity index (χ3n) is 2.76. The molecule has 0 unspecified atom stereocenters. The highest BCUT2D eigenvalue weighted by Gasteiger charge is 2.16. The minimum atomic E-state index is -2.43. The van der Waals surface area contributed by atoms with Gasteiger partial charge in [-0.15, -0.1) is 0 Å². The maximum atomic E-state index is 12.2. The third-order valence-corrected chi connectivity index (χ3v) is 3.48. The van der Waals surface area contributed by atoms with Crippen molar-refractivity contribution >= 4 is 17.7 Å². The maximum absolute atomic E-state index is 12.2. The van der Waals surface area contributed by atoms with E-state index in [2.05, 4.69) is 5.16 Å². The normalized spacial score (nSPS) is 10.9. The molecule has 21 heavy (non-hydrogen) atoms. The number of benzene rings is 1. The fraction of sp³-hybridized carbons (Fsp3) is 0.286. The molecule has 1 amide bonds. The van der Waals surface area contributed by atoms with Crippen LogP contribution in [0.4, 0.5) is 8.78 Å². The molecule has 0 bridgehead atoms. The van der Waals surface area contributed by atoms with Crippen LogP contribution in [-0.2, 0) is 6.54 Å². The van der Waals surface area contributed by atoms with Gasteiger partial charge in [-0.05, 0) is 24.6 Å². The summed E-state index contributed by atoms with van der Waals surface area (Å²) in [6.07, 6.45) is 0. The molecule has 1 aromatic carbocycles. The van der Waals surface area contributed by atoms with Crippen molar-refractivity contribution in [2.45, 2.75) is 24.1 Å². The lowest BCUT2D eigenvalue weighted by Gasteiger charge is -2.15. The van der Waals surface area contributed by atoms with Crippen LogP contribution in [0.5, 0.6) is 0 Å². The first-order valence-electron chi connectivity index (χ1n) is 6.18. The number of rotatable bonds is 5. The largest absolute Gasteiger partial charge is 0.361 e. The lowest BCUT2D eigenvalue weighted by atomic mass is 10.2. The zero-order valence-electron chi connectivity index (χ0n) is 11.5. The molecule has 0 radical (unpaired) electrons. The Morgan fingerprint density at radius 1 is 1.38 bits per heavy atom. The van der Waals surface area contributed by atoms with Gasteiger partial charge in [0.1, 0.15) is 5.76 Å². The van der Waals surface area contributed by atoms with Crippen LogP contribution in [0, 0.1) is 6.92 Å². The Kier molecular flexibility index (Phi) is 4.95. The van der Waals surface area contributed by atoms with Gasteiger partial charge in [0.15, 0.2) is 5.69 Å². The molecule has 0 saturated heterocycles. The van der Waals surface area contributed by atoms with Gasteiger partial charge in [-0.3, -0.25) is 4.79 Å². The Hall–Kier alpha value is -1.89. The van der Waals surface area contributed by atoms with Gasteiger partial charge in [-0.2, -0.15) is 8.78 Å².